The second-order valence-corrected chi connectivity index (χ2v) is 8.73. The van der Waals surface area contributed by atoms with Gasteiger partial charge in [0.25, 0.3) is 11.8 Å². The van der Waals surface area contributed by atoms with Crippen molar-refractivity contribution in [1.29, 1.82) is 0 Å². The fourth-order valence-corrected chi connectivity index (χ4v) is 3.43. The van der Waals surface area contributed by atoms with E-state index in [0.717, 1.165) is 11.1 Å². The molecule has 0 aliphatic carbocycles. The maximum absolute atomic E-state index is 12.9. The van der Waals surface area contributed by atoms with E-state index in [9.17, 15) is 9.59 Å². The summed E-state index contributed by atoms with van der Waals surface area (Å²) in [6.45, 7) is 8.07. The zero-order valence-electron chi connectivity index (χ0n) is 19.0. The molecule has 0 saturated carbocycles. The number of carbonyl (C=O) groups is 2. The molecule has 0 aromatic heterocycles. The summed E-state index contributed by atoms with van der Waals surface area (Å²) in [5.41, 5.74) is 2.78. The van der Waals surface area contributed by atoms with Gasteiger partial charge in [-0.15, -0.1) is 0 Å². The van der Waals surface area contributed by atoms with Gasteiger partial charge in [-0.25, -0.2) is 0 Å². The Morgan fingerprint density at radius 3 is 2.22 bits per heavy atom. The number of amides is 2. The average Bonchev–Trinajstić information content (AvgIpc) is 2.78. The lowest BCUT2D eigenvalue weighted by atomic mass is 9.86. The minimum Gasteiger partial charge on any atom is -0.483 e. The van der Waals surface area contributed by atoms with Crippen LogP contribution in [0.2, 0.25) is 0 Å². The number of rotatable bonds is 7. The molecule has 3 aromatic rings. The molecule has 0 fully saturated rings. The molecule has 0 radical (unpaired) electrons. The van der Waals surface area contributed by atoms with E-state index in [0.29, 0.717) is 17.0 Å². The third kappa shape index (κ3) is 5.97. The lowest BCUT2D eigenvalue weighted by Crippen LogP contribution is -2.28. The SMILES string of the molecule is C[C@@H](NC(=O)c1ccccc1NC(=O)COc1ccccc1C(C)(C)C)c1ccccc1. The Hall–Kier alpha value is -3.60. The van der Waals surface area contributed by atoms with Gasteiger partial charge in [0, 0.05) is 0 Å². The van der Waals surface area contributed by atoms with Crippen molar-refractivity contribution in [3.63, 3.8) is 0 Å². The third-order valence-corrected chi connectivity index (χ3v) is 5.15. The van der Waals surface area contributed by atoms with Crippen LogP contribution in [0.25, 0.3) is 0 Å². The molecule has 3 rings (SSSR count). The zero-order valence-corrected chi connectivity index (χ0v) is 19.0. The van der Waals surface area contributed by atoms with Crippen molar-refractivity contribution < 1.29 is 14.3 Å². The van der Waals surface area contributed by atoms with Crippen LogP contribution in [0.1, 0.15) is 55.2 Å². The molecule has 0 aliphatic rings. The number of hydrogen-bond acceptors (Lipinski definition) is 3. The summed E-state index contributed by atoms with van der Waals surface area (Å²) in [5.74, 6) is 0.0965. The Bertz CT molecular complexity index is 1070. The van der Waals surface area contributed by atoms with Gasteiger partial charge < -0.3 is 15.4 Å². The first-order valence-electron chi connectivity index (χ1n) is 10.7. The molecule has 5 nitrogen and oxygen atoms in total. The molecule has 0 heterocycles. The van der Waals surface area contributed by atoms with Gasteiger partial charge in [0.15, 0.2) is 6.61 Å². The molecular formula is C27H30N2O3. The summed E-state index contributed by atoms with van der Waals surface area (Å²) >= 11 is 0. The molecule has 2 N–H and O–H groups in total. The Morgan fingerprint density at radius 1 is 0.875 bits per heavy atom. The minimum atomic E-state index is -0.329. The number of hydrogen-bond donors (Lipinski definition) is 2. The minimum absolute atomic E-state index is 0.104. The molecule has 0 bridgehead atoms. The van der Waals surface area contributed by atoms with Crippen LogP contribution in [0.5, 0.6) is 5.75 Å². The molecule has 32 heavy (non-hydrogen) atoms. The fraction of sp³-hybridized carbons (Fsp3) is 0.259. The number of ether oxygens (including phenoxy) is 1. The molecule has 3 aromatic carbocycles. The fourth-order valence-electron chi connectivity index (χ4n) is 3.43. The number of nitrogens with one attached hydrogen (secondary N) is 2. The van der Waals surface area contributed by atoms with Crippen molar-refractivity contribution in [2.24, 2.45) is 0 Å². The van der Waals surface area contributed by atoms with Gasteiger partial charge in [-0.05, 0) is 41.7 Å². The monoisotopic (exact) mass is 430 g/mol. The van der Waals surface area contributed by atoms with E-state index in [-0.39, 0.29) is 29.9 Å². The smallest absolute Gasteiger partial charge is 0.262 e. The van der Waals surface area contributed by atoms with E-state index in [1.54, 1.807) is 24.3 Å². The van der Waals surface area contributed by atoms with Crippen molar-refractivity contribution in [2.75, 3.05) is 11.9 Å². The molecule has 2 amide bonds. The van der Waals surface area contributed by atoms with Crippen LogP contribution in [0.4, 0.5) is 5.69 Å². The van der Waals surface area contributed by atoms with Crippen LogP contribution in [-0.4, -0.2) is 18.4 Å². The maximum Gasteiger partial charge on any atom is 0.262 e. The van der Waals surface area contributed by atoms with Crippen LogP contribution >= 0.6 is 0 Å². The van der Waals surface area contributed by atoms with Crippen molar-refractivity contribution in [3.8, 4) is 5.75 Å². The van der Waals surface area contributed by atoms with E-state index < -0.39 is 0 Å². The van der Waals surface area contributed by atoms with Crippen LogP contribution in [-0.2, 0) is 10.2 Å². The van der Waals surface area contributed by atoms with Crippen LogP contribution in [0.15, 0.2) is 78.9 Å². The second kappa shape index (κ2) is 10.1. The number of carbonyl (C=O) groups excluding carboxylic acids is 2. The Labute approximate surface area is 189 Å². The molecule has 166 valence electrons. The number of anilines is 1. The first-order chi connectivity index (χ1) is 15.3. The molecule has 0 saturated heterocycles. The van der Waals surface area contributed by atoms with Crippen molar-refractivity contribution >= 4 is 17.5 Å². The number of para-hydroxylation sites is 2. The molecular weight excluding hydrogens is 400 g/mol. The zero-order chi connectivity index (χ0) is 23.1. The largest absolute Gasteiger partial charge is 0.483 e. The first kappa shape index (κ1) is 23.1. The topological polar surface area (TPSA) is 67.4 Å². The summed E-state index contributed by atoms with van der Waals surface area (Å²) < 4.78 is 5.81. The quantitative estimate of drug-likeness (QED) is 0.521. The standard InChI is InChI=1S/C27H30N2O3/c1-19(20-12-6-5-7-13-20)28-26(31)21-14-8-10-16-23(21)29-25(30)18-32-24-17-11-9-15-22(24)27(2,3)4/h5-17,19H,18H2,1-4H3,(H,28,31)(H,29,30)/t19-/m1/s1. The van der Waals surface area contributed by atoms with Gasteiger partial charge in [0.2, 0.25) is 0 Å². The predicted octanol–water partition coefficient (Wildman–Crippen LogP) is 5.49. The number of benzene rings is 3. The van der Waals surface area contributed by atoms with Crippen molar-refractivity contribution in [1.82, 2.24) is 5.32 Å². The Kier molecular flexibility index (Phi) is 7.31. The lowest BCUT2D eigenvalue weighted by molar-refractivity contribution is -0.118. The third-order valence-electron chi connectivity index (χ3n) is 5.15. The summed E-state index contributed by atoms with van der Waals surface area (Å²) in [6.07, 6.45) is 0. The van der Waals surface area contributed by atoms with Crippen LogP contribution in [0, 0.1) is 0 Å². The lowest BCUT2D eigenvalue weighted by Gasteiger charge is -2.22. The highest BCUT2D eigenvalue weighted by Crippen LogP contribution is 2.31. The normalized spacial score (nSPS) is 12.0. The van der Waals surface area contributed by atoms with Gasteiger partial charge in [0.1, 0.15) is 5.75 Å². The van der Waals surface area contributed by atoms with Crippen molar-refractivity contribution in [3.05, 3.63) is 95.6 Å². The maximum atomic E-state index is 12.9. The van der Waals surface area contributed by atoms with Gasteiger partial charge in [-0.3, -0.25) is 9.59 Å². The van der Waals surface area contributed by atoms with Gasteiger partial charge in [0.05, 0.1) is 17.3 Å². The van der Waals surface area contributed by atoms with E-state index in [1.807, 2.05) is 61.5 Å². The predicted molar refractivity (Wildman–Crippen MR) is 128 cm³/mol. The Morgan fingerprint density at radius 2 is 1.50 bits per heavy atom. The summed E-state index contributed by atoms with van der Waals surface area (Å²) in [5, 5.41) is 5.79. The van der Waals surface area contributed by atoms with Gasteiger partial charge in [-0.2, -0.15) is 0 Å². The van der Waals surface area contributed by atoms with Crippen LogP contribution < -0.4 is 15.4 Å². The molecule has 5 heteroatoms. The van der Waals surface area contributed by atoms with E-state index in [1.165, 1.54) is 0 Å². The highest BCUT2D eigenvalue weighted by molar-refractivity contribution is 6.04. The first-order valence-corrected chi connectivity index (χ1v) is 10.7. The van der Waals surface area contributed by atoms with Crippen LogP contribution in [0.3, 0.4) is 0 Å². The summed E-state index contributed by atoms with van der Waals surface area (Å²) in [4.78, 5) is 25.5. The van der Waals surface area contributed by atoms with Gasteiger partial charge in [-0.1, -0.05) is 81.4 Å². The highest BCUT2D eigenvalue weighted by atomic mass is 16.5. The van der Waals surface area contributed by atoms with E-state index >= 15 is 0 Å². The summed E-state index contributed by atoms with van der Waals surface area (Å²) in [6, 6.07) is 24.2. The van der Waals surface area contributed by atoms with E-state index in [4.69, 9.17) is 4.74 Å². The van der Waals surface area contributed by atoms with Crippen molar-refractivity contribution in [2.45, 2.75) is 39.2 Å². The molecule has 0 aliphatic heterocycles. The van der Waals surface area contributed by atoms with E-state index in [2.05, 4.69) is 31.4 Å². The molecule has 1 atom stereocenters. The summed E-state index contributed by atoms with van der Waals surface area (Å²) in [7, 11) is 0. The Balaban J connectivity index is 1.66. The second-order valence-electron chi connectivity index (χ2n) is 8.73. The molecule has 0 spiro atoms. The van der Waals surface area contributed by atoms with Gasteiger partial charge >= 0.3 is 0 Å². The average molecular weight is 431 g/mol. The highest BCUT2D eigenvalue weighted by Gasteiger charge is 2.20. The molecule has 0 unspecified atom stereocenters.